The molecule has 0 saturated heterocycles. The van der Waals surface area contributed by atoms with Gasteiger partial charge in [0.15, 0.2) is 6.61 Å². The molecule has 1 aromatic rings. The van der Waals surface area contributed by atoms with E-state index in [-0.39, 0.29) is 18.6 Å². The summed E-state index contributed by atoms with van der Waals surface area (Å²) in [5.74, 6) is 0.993. The van der Waals surface area contributed by atoms with Gasteiger partial charge in [0.2, 0.25) is 0 Å². The highest BCUT2D eigenvalue weighted by Gasteiger charge is 2.10. The zero-order chi connectivity index (χ0) is 15.1. The minimum atomic E-state index is -0.421. The Labute approximate surface area is 121 Å². The van der Waals surface area contributed by atoms with Crippen molar-refractivity contribution in [2.75, 3.05) is 6.61 Å². The number of rotatable bonds is 7. The first-order chi connectivity index (χ1) is 9.38. The van der Waals surface area contributed by atoms with Gasteiger partial charge in [-0.2, -0.15) is 0 Å². The zero-order valence-electron chi connectivity index (χ0n) is 12.7. The van der Waals surface area contributed by atoms with Crippen LogP contribution >= 0.6 is 0 Å². The normalized spacial score (nSPS) is 13.9. The number of aliphatic hydroxyl groups is 1. The Balaban J connectivity index is 2.37. The van der Waals surface area contributed by atoms with Crippen LogP contribution in [0.25, 0.3) is 0 Å². The van der Waals surface area contributed by atoms with Crippen LogP contribution in [0.5, 0.6) is 5.75 Å². The number of hydrogen-bond donors (Lipinski definition) is 2. The van der Waals surface area contributed by atoms with E-state index in [1.54, 1.807) is 6.92 Å². The lowest BCUT2D eigenvalue weighted by atomic mass is 10.0. The van der Waals surface area contributed by atoms with E-state index in [9.17, 15) is 9.90 Å². The molecule has 0 bridgehead atoms. The molecule has 0 aliphatic carbocycles. The molecule has 2 atom stereocenters. The summed E-state index contributed by atoms with van der Waals surface area (Å²) in [5.41, 5.74) is 1.24. The van der Waals surface area contributed by atoms with E-state index in [1.807, 2.05) is 31.2 Å². The van der Waals surface area contributed by atoms with Crippen molar-refractivity contribution >= 4 is 5.91 Å². The maximum Gasteiger partial charge on any atom is 0.258 e. The summed E-state index contributed by atoms with van der Waals surface area (Å²) in [7, 11) is 0. The van der Waals surface area contributed by atoms with Gasteiger partial charge in [-0.1, -0.05) is 26.0 Å². The second-order valence-electron chi connectivity index (χ2n) is 5.57. The van der Waals surface area contributed by atoms with E-state index in [0.717, 1.165) is 0 Å². The van der Waals surface area contributed by atoms with Gasteiger partial charge in [-0.15, -0.1) is 0 Å². The molecule has 0 radical (unpaired) electrons. The van der Waals surface area contributed by atoms with Gasteiger partial charge in [-0.3, -0.25) is 4.79 Å². The Bertz CT molecular complexity index is 412. The molecule has 1 aromatic carbocycles. The molecule has 1 rings (SSSR count). The molecule has 0 saturated carbocycles. The molecule has 4 heteroatoms. The lowest BCUT2D eigenvalue weighted by Crippen LogP contribution is -2.37. The molecular weight excluding hydrogens is 254 g/mol. The average Bonchev–Trinajstić information content (AvgIpc) is 2.35. The summed E-state index contributed by atoms with van der Waals surface area (Å²) in [6.45, 7) is 7.82. The van der Waals surface area contributed by atoms with Crippen LogP contribution in [0.4, 0.5) is 0 Å². The molecule has 1 amide bonds. The van der Waals surface area contributed by atoms with Gasteiger partial charge in [-0.05, 0) is 43.9 Å². The maximum atomic E-state index is 11.7. The van der Waals surface area contributed by atoms with Gasteiger partial charge in [-0.25, -0.2) is 0 Å². The average molecular weight is 279 g/mol. The highest BCUT2D eigenvalue weighted by Crippen LogP contribution is 2.18. The van der Waals surface area contributed by atoms with Crippen molar-refractivity contribution in [2.24, 2.45) is 0 Å². The minimum Gasteiger partial charge on any atom is -0.484 e. The number of carbonyl (C=O) groups excluding carboxylic acids is 1. The van der Waals surface area contributed by atoms with Crippen molar-refractivity contribution in [1.29, 1.82) is 0 Å². The van der Waals surface area contributed by atoms with Gasteiger partial charge >= 0.3 is 0 Å². The molecule has 0 aromatic heterocycles. The summed E-state index contributed by atoms with van der Waals surface area (Å²) in [4.78, 5) is 11.7. The minimum absolute atomic E-state index is 0.00876. The fourth-order valence-electron chi connectivity index (χ4n) is 1.98. The van der Waals surface area contributed by atoms with E-state index in [2.05, 4.69) is 19.2 Å². The standard InChI is InChI=1S/C16H25NO3/c1-11(2)14-5-7-15(8-6-14)20-10-16(19)17-12(3)9-13(4)18/h5-8,11-13,18H,9-10H2,1-4H3,(H,17,19). The summed E-state index contributed by atoms with van der Waals surface area (Å²) >= 11 is 0. The van der Waals surface area contributed by atoms with Crippen LogP contribution in [0.2, 0.25) is 0 Å². The molecule has 2 N–H and O–H groups in total. The third kappa shape index (κ3) is 6.06. The number of ether oxygens (including phenoxy) is 1. The molecule has 0 spiro atoms. The first kappa shape index (κ1) is 16.5. The molecular formula is C16H25NO3. The predicted octanol–water partition coefficient (Wildman–Crippen LogP) is 2.46. The summed E-state index contributed by atoms with van der Waals surface area (Å²) in [6, 6.07) is 7.71. The first-order valence-electron chi connectivity index (χ1n) is 7.08. The van der Waals surface area contributed by atoms with Gasteiger partial charge in [0.1, 0.15) is 5.75 Å². The van der Waals surface area contributed by atoms with E-state index in [1.165, 1.54) is 5.56 Å². The van der Waals surface area contributed by atoms with Crippen LogP contribution in [-0.2, 0) is 4.79 Å². The van der Waals surface area contributed by atoms with E-state index >= 15 is 0 Å². The SMILES string of the molecule is CC(O)CC(C)NC(=O)COc1ccc(C(C)C)cc1. The Hall–Kier alpha value is -1.55. The smallest absolute Gasteiger partial charge is 0.258 e. The number of carbonyl (C=O) groups is 1. The fraction of sp³-hybridized carbons (Fsp3) is 0.562. The number of hydrogen-bond acceptors (Lipinski definition) is 3. The molecule has 112 valence electrons. The van der Waals surface area contributed by atoms with E-state index in [0.29, 0.717) is 18.1 Å². The molecule has 0 heterocycles. The second kappa shape index (κ2) is 7.90. The van der Waals surface area contributed by atoms with Crippen molar-refractivity contribution in [2.45, 2.75) is 52.2 Å². The summed E-state index contributed by atoms with van der Waals surface area (Å²) in [5, 5.41) is 12.0. The van der Waals surface area contributed by atoms with Crippen LogP contribution in [-0.4, -0.2) is 29.8 Å². The Morgan fingerprint density at radius 2 is 1.80 bits per heavy atom. The summed E-state index contributed by atoms with van der Waals surface area (Å²) < 4.78 is 5.43. The first-order valence-corrected chi connectivity index (χ1v) is 7.08. The van der Waals surface area contributed by atoms with Crippen LogP contribution in [0.1, 0.15) is 45.6 Å². The highest BCUT2D eigenvalue weighted by molar-refractivity contribution is 5.77. The number of benzene rings is 1. The van der Waals surface area contributed by atoms with Gasteiger partial charge in [0, 0.05) is 6.04 Å². The maximum absolute atomic E-state index is 11.7. The lowest BCUT2D eigenvalue weighted by molar-refractivity contribution is -0.123. The Morgan fingerprint density at radius 1 is 1.20 bits per heavy atom. The molecule has 2 unspecified atom stereocenters. The quantitative estimate of drug-likeness (QED) is 0.806. The Kier molecular flexibility index (Phi) is 6.52. The highest BCUT2D eigenvalue weighted by atomic mass is 16.5. The molecule has 20 heavy (non-hydrogen) atoms. The number of nitrogens with one attached hydrogen (secondary N) is 1. The predicted molar refractivity (Wildman–Crippen MR) is 79.9 cm³/mol. The lowest BCUT2D eigenvalue weighted by Gasteiger charge is -2.15. The topological polar surface area (TPSA) is 58.6 Å². The molecule has 0 fully saturated rings. The van der Waals surface area contributed by atoms with Crippen LogP contribution in [0, 0.1) is 0 Å². The van der Waals surface area contributed by atoms with Crippen LogP contribution in [0.15, 0.2) is 24.3 Å². The van der Waals surface area contributed by atoms with Crippen molar-refractivity contribution in [3.05, 3.63) is 29.8 Å². The van der Waals surface area contributed by atoms with Crippen LogP contribution in [0.3, 0.4) is 0 Å². The molecule has 0 aliphatic heterocycles. The van der Waals surface area contributed by atoms with Crippen LogP contribution < -0.4 is 10.1 Å². The van der Waals surface area contributed by atoms with Crippen molar-refractivity contribution < 1.29 is 14.6 Å². The monoisotopic (exact) mass is 279 g/mol. The molecule has 4 nitrogen and oxygen atoms in total. The zero-order valence-corrected chi connectivity index (χ0v) is 12.7. The third-order valence-corrected chi connectivity index (χ3v) is 3.02. The van der Waals surface area contributed by atoms with Gasteiger partial charge in [0.05, 0.1) is 6.10 Å². The van der Waals surface area contributed by atoms with E-state index < -0.39 is 6.10 Å². The van der Waals surface area contributed by atoms with Crippen molar-refractivity contribution in [1.82, 2.24) is 5.32 Å². The Morgan fingerprint density at radius 3 is 2.30 bits per heavy atom. The van der Waals surface area contributed by atoms with Crippen molar-refractivity contribution in [3.8, 4) is 5.75 Å². The number of amides is 1. The second-order valence-corrected chi connectivity index (χ2v) is 5.57. The van der Waals surface area contributed by atoms with Gasteiger partial charge < -0.3 is 15.2 Å². The molecule has 0 aliphatic rings. The van der Waals surface area contributed by atoms with Gasteiger partial charge in [0.25, 0.3) is 5.91 Å². The number of aliphatic hydroxyl groups excluding tert-OH is 1. The fourth-order valence-corrected chi connectivity index (χ4v) is 1.98. The third-order valence-electron chi connectivity index (χ3n) is 3.02. The summed E-state index contributed by atoms with van der Waals surface area (Å²) in [6.07, 6.45) is 0.115. The van der Waals surface area contributed by atoms with E-state index in [4.69, 9.17) is 4.74 Å². The van der Waals surface area contributed by atoms with Crippen molar-refractivity contribution in [3.63, 3.8) is 0 Å². The largest absolute Gasteiger partial charge is 0.484 e.